The fraction of sp³-hybridized carbons (Fsp3) is 0.429. The van der Waals surface area contributed by atoms with Crippen molar-refractivity contribution in [1.82, 2.24) is 15.5 Å². The van der Waals surface area contributed by atoms with Gasteiger partial charge in [0.05, 0.1) is 12.2 Å². The van der Waals surface area contributed by atoms with Crippen molar-refractivity contribution in [3.8, 4) is 0 Å². The Morgan fingerprint density at radius 3 is 2.69 bits per heavy atom. The van der Waals surface area contributed by atoms with Crippen molar-refractivity contribution in [1.29, 1.82) is 0 Å². The third-order valence-electron chi connectivity index (χ3n) is 6.90. The quantitative estimate of drug-likeness (QED) is 0.484. The van der Waals surface area contributed by atoms with E-state index < -0.39 is 12.3 Å². The summed E-state index contributed by atoms with van der Waals surface area (Å²) in [5.74, 6) is -0.721. The largest absolute Gasteiger partial charge is 0.459 e. The third kappa shape index (κ3) is 6.83. The SMILES string of the molecule is O=C(NCC(Cc1ccc(C(F)F)cc1)C(=O)N1CCCCC1CCC1=CC=CNC1)c1ccco1. The molecule has 6 nitrogen and oxygen atoms in total. The number of hydrogen-bond acceptors (Lipinski definition) is 4. The van der Waals surface area contributed by atoms with Gasteiger partial charge in [-0.1, -0.05) is 35.9 Å². The van der Waals surface area contributed by atoms with Gasteiger partial charge in [-0.2, -0.15) is 0 Å². The van der Waals surface area contributed by atoms with E-state index >= 15 is 0 Å². The molecule has 2 aliphatic rings. The minimum absolute atomic E-state index is 0.00646. The van der Waals surface area contributed by atoms with Crippen molar-refractivity contribution < 1.29 is 22.8 Å². The van der Waals surface area contributed by atoms with Crippen LogP contribution in [0, 0.1) is 5.92 Å². The number of halogens is 2. The van der Waals surface area contributed by atoms with Crippen LogP contribution < -0.4 is 10.6 Å². The number of dihydropyridines is 1. The van der Waals surface area contributed by atoms with Gasteiger partial charge in [0, 0.05) is 31.2 Å². The van der Waals surface area contributed by atoms with Crippen LogP contribution in [0.1, 0.15) is 60.2 Å². The number of nitrogens with zero attached hydrogens (tertiary/aromatic N) is 1. The van der Waals surface area contributed by atoms with Crippen LogP contribution in [0.2, 0.25) is 0 Å². The predicted molar refractivity (Wildman–Crippen MR) is 133 cm³/mol. The van der Waals surface area contributed by atoms with Crippen LogP contribution in [0.25, 0.3) is 0 Å². The number of carbonyl (C=O) groups excluding carboxylic acids is 2. The van der Waals surface area contributed by atoms with Crippen LogP contribution in [-0.4, -0.2) is 42.4 Å². The smallest absolute Gasteiger partial charge is 0.287 e. The second-order valence-electron chi connectivity index (χ2n) is 9.42. The number of hydrogen-bond donors (Lipinski definition) is 2. The molecule has 2 amide bonds. The number of furan rings is 1. The average molecular weight is 498 g/mol. The Kier molecular flexibility index (Phi) is 8.92. The minimum atomic E-state index is -2.54. The molecular formula is C28H33F2N3O3. The zero-order valence-electron chi connectivity index (χ0n) is 20.3. The van der Waals surface area contributed by atoms with Gasteiger partial charge >= 0.3 is 0 Å². The van der Waals surface area contributed by atoms with E-state index in [2.05, 4.69) is 16.7 Å². The summed E-state index contributed by atoms with van der Waals surface area (Å²) in [4.78, 5) is 28.3. The molecule has 2 N–H and O–H groups in total. The highest BCUT2D eigenvalue weighted by molar-refractivity contribution is 5.91. The molecule has 0 spiro atoms. The molecule has 0 saturated carbocycles. The Labute approximate surface area is 210 Å². The topological polar surface area (TPSA) is 74.6 Å². The Bertz CT molecular complexity index is 1060. The highest BCUT2D eigenvalue weighted by Gasteiger charge is 2.32. The Balaban J connectivity index is 1.47. The molecule has 1 fully saturated rings. The lowest BCUT2D eigenvalue weighted by Crippen LogP contribution is -2.49. The highest BCUT2D eigenvalue weighted by atomic mass is 19.3. The molecule has 1 aromatic carbocycles. The summed E-state index contributed by atoms with van der Waals surface area (Å²) >= 11 is 0. The Hall–Kier alpha value is -3.42. The van der Waals surface area contributed by atoms with Crippen LogP contribution in [-0.2, 0) is 11.2 Å². The lowest BCUT2D eigenvalue weighted by molar-refractivity contribution is -0.139. The zero-order chi connectivity index (χ0) is 25.3. The van der Waals surface area contributed by atoms with E-state index in [0.29, 0.717) is 13.0 Å². The maximum absolute atomic E-state index is 13.8. The molecule has 2 unspecified atom stereocenters. The molecule has 0 aliphatic carbocycles. The van der Waals surface area contributed by atoms with E-state index in [-0.39, 0.29) is 35.7 Å². The molecule has 8 heteroatoms. The van der Waals surface area contributed by atoms with Gasteiger partial charge in [0.1, 0.15) is 0 Å². The van der Waals surface area contributed by atoms with Gasteiger partial charge in [0.15, 0.2) is 5.76 Å². The summed E-state index contributed by atoms with van der Waals surface area (Å²) in [6, 6.07) is 9.41. The van der Waals surface area contributed by atoms with Crippen molar-refractivity contribution in [3.05, 3.63) is 83.5 Å². The number of piperidine rings is 1. The number of nitrogens with one attached hydrogen (secondary N) is 2. The molecule has 2 atom stereocenters. The molecule has 192 valence electrons. The monoisotopic (exact) mass is 497 g/mol. The first kappa shape index (κ1) is 25.7. The van der Waals surface area contributed by atoms with E-state index in [4.69, 9.17) is 4.42 Å². The van der Waals surface area contributed by atoms with Crippen molar-refractivity contribution in [2.75, 3.05) is 19.6 Å². The number of alkyl halides is 2. The zero-order valence-corrected chi connectivity index (χ0v) is 20.3. The van der Waals surface area contributed by atoms with E-state index in [0.717, 1.165) is 44.2 Å². The molecule has 0 bridgehead atoms. The summed E-state index contributed by atoms with van der Waals surface area (Å²) in [5.41, 5.74) is 2.05. The summed E-state index contributed by atoms with van der Waals surface area (Å²) in [5, 5.41) is 6.06. The van der Waals surface area contributed by atoms with Gasteiger partial charge in [0.2, 0.25) is 5.91 Å². The molecule has 36 heavy (non-hydrogen) atoms. The van der Waals surface area contributed by atoms with Crippen molar-refractivity contribution in [2.24, 2.45) is 5.92 Å². The van der Waals surface area contributed by atoms with E-state index in [1.54, 1.807) is 24.3 Å². The first-order valence-corrected chi connectivity index (χ1v) is 12.6. The molecule has 2 aliphatic heterocycles. The number of allylic oxidation sites excluding steroid dienone is 2. The van der Waals surface area contributed by atoms with Crippen LogP contribution in [0.5, 0.6) is 0 Å². The van der Waals surface area contributed by atoms with E-state index in [1.807, 2.05) is 17.2 Å². The second kappa shape index (κ2) is 12.5. The normalized spacial score (nSPS) is 18.5. The highest BCUT2D eigenvalue weighted by Crippen LogP contribution is 2.26. The lowest BCUT2D eigenvalue weighted by Gasteiger charge is -2.38. The number of carbonyl (C=O) groups is 2. The van der Waals surface area contributed by atoms with Crippen molar-refractivity contribution >= 4 is 11.8 Å². The fourth-order valence-corrected chi connectivity index (χ4v) is 4.89. The summed E-state index contributed by atoms with van der Waals surface area (Å²) in [6.45, 7) is 1.65. The summed E-state index contributed by atoms with van der Waals surface area (Å²) < 4.78 is 31.2. The molecule has 4 rings (SSSR count). The molecule has 1 aromatic heterocycles. The van der Waals surface area contributed by atoms with Gasteiger partial charge in [-0.25, -0.2) is 8.78 Å². The molecular weight excluding hydrogens is 464 g/mol. The lowest BCUT2D eigenvalue weighted by atomic mass is 9.91. The van der Waals surface area contributed by atoms with Gasteiger partial charge in [-0.15, -0.1) is 0 Å². The van der Waals surface area contributed by atoms with Gasteiger partial charge in [-0.3, -0.25) is 9.59 Å². The molecule has 3 heterocycles. The van der Waals surface area contributed by atoms with Crippen LogP contribution >= 0.6 is 0 Å². The van der Waals surface area contributed by atoms with Crippen LogP contribution in [0.15, 0.2) is 71.0 Å². The van der Waals surface area contributed by atoms with Crippen molar-refractivity contribution in [2.45, 2.75) is 51.0 Å². The van der Waals surface area contributed by atoms with Gasteiger partial charge in [0.25, 0.3) is 12.3 Å². The van der Waals surface area contributed by atoms with Gasteiger partial charge in [-0.05, 0) is 68.5 Å². The molecule has 2 aromatic rings. The minimum Gasteiger partial charge on any atom is -0.459 e. The maximum Gasteiger partial charge on any atom is 0.287 e. The maximum atomic E-state index is 13.8. The standard InChI is InChI=1S/C28H33F2N3O3/c29-26(30)22-11-8-20(9-12-22)17-23(19-32-27(34)25-7-4-16-36-25)28(35)33-15-2-1-6-24(33)13-10-21-5-3-14-31-18-21/h3-5,7-9,11-12,14,16,23-24,26,31H,1-2,6,10,13,15,17-19H2,(H,32,34). The molecule has 0 radical (unpaired) electrons. The van der Waals surface area contributed by atoms with Crippen LogP contribution in [0.4, 0.5) is 8.78 Å². The van der Waals surface area contributed by atoms with E-state index in [9.17, 15) is 18.4 Å². The summed E-state index contributed by atoms with van der Waals surface area (Å²) in [6.07, 6.45) is 10.1. The first-order valence-electron chi connectivity index (χ1n) is 12.6. The van der Waals surface area contributed by atoms with E-state index in [1.165, 1.54) is 24.0 Å². The molecule has 1 saturated heterocycles. The Morgan fingerprint density at radius 1 is 1.17 bits per heavy atom. The third-order valence-corrected chi connectivity index (χ3v) is 6.90. The predicted octanol–water partition coefficient (Wildman–Crippen LogP) is 5.01. The van der Waals surface area contributed by atoms with Crippen LogP contribution in [0.3, 0.4) is 0 Å². The summed E-state index contributed by atoms with van der Waals surface area (Å²) in [7, 11) is 0. The number of benzene rings is 1. The number of amides is 2. The fourth-order valence-electron chi connectivity index (χ4n) is 4.89. The average Bonchev–Trinajstić information content (AvgIpc) is 3.46. The van der Waals surface area contributed by atoms with Gasteiger partial charge < -0.3 is 20.0 Å². The second-order valence-corrected chi connectivity index (χ2v) is 9.42. The Morgan fingerprint density at radius 2 is 2.00 bits per heavy atom. The number of rotatable bonds is 10. The van der Waals surface area contributed by atoms with Crippen molar-refractivity contribution in [3.63, 3.8) is 0 Å². The number of likely N-dealkylation sites (tertiary alicyclic amines) is 1. The first-order chi connectivity index (χ1) is 17.5.